The van der Waals surface area contributed by atoms with Gasteiger partial charge in [0.25, 0.3) is 0 Å². The van der Waals surface area contributed by atoms with Crippen molar-refractivity contribution in [2.45, 2.75) is 51.9 Å². The minimum atomic E-state index is 0. The zero-order valence-corrected chi connectivity index (χ0v) is 19.8. The lowest BCUT2D eigenvalue weighted by Crippen LogP contribution is -2.47. The molecule has 2 aromatic heterocycles. The van der Waals surface area contributed by atoms with Crippen molar-refractivity contribution in [2.75, 3.05) is 0 Å². The molecular weight excluding hydrogens is 493 g/mol. The van der Waals surface area contributed by atoms with Gasteiger partial charge in [-0.15, -0.1) is 34.2 Å². The van der Waals surface area contributed by atoms with E-state index in [1.165, 1.54) is 5.56 Å². The lowest BCUT2D eigenvalue weighted by Gasteiger charge is -2.27. The smallest absolute Gasteiger partial charge is 0.192 e. The normalized spacial score (nSPS) is 17.0. The van der Waals surface area contributed by atoms with Crippen LogP contribution in [0.1, 0.15) is 42.4 Å². The maximum absolute atomic E-state index is 4.80. The Bertz CT molecular complexity index is 979. The number of nitrogens with zero attached hydrogens (tertiary/aromatic N) is 7. The zero-order chi connectivity index (χ0) is 20.2. The molecule has 0 spiro atoms. The Morgan fingerprint density at radius 2 is 2.07 bits per heavy atom. The third-order valence-electron chi connectivity index (χ3n) is 5.36. The van der Waals surface area contributed by atoms with Gasteiger partial charge in [0.1, 0.15) is 24.5 Å². The third-order valence-corrected chi connectivity index (χ3v) is 5.36. The van der Waals surface area contributed by atoms with Crippen LogP contribution in [0.3, 0.4) is 0 Å². The molecule has 2 unspecified atom stereocenters. The molecule has 10 heteroatoms. The zero-order valence-electron chi connectivity index (χ0n) is 17.5. The first-order chi connectivity index (χ1) is 14.1. The summed E-state index contributed by atoms with van der Waals surface area (Å²) in [7, 11) is 1.96. The lowest BCUT2D eigenvalue weighted by molar-refractivity contribution is 0.391. The highest BCUT2D eigenvalue weighted by molar-refractivity contribution is 14.0. The number of aromatic nitrogens is 6. The summed E-state index contributed by atoms with van der Waals surface area (Å²) >= 11 is 0. The molecule has 3 aromatic rings. The second-order valence-corrected chi connectivity index (χ2v) is 7.40. The van der Waals surface area contributed by atoms with Crippen molar-refractivity contribution in [3.63, 3.8) is 0 Å². The molecule has 1 aliphatic rings. The first kappa shape index (κ1) is 22.2. The van der Waals surface area contributed by atoms with Gasteiger partial charge >= 0.3 is 0 Å². The maximum atomic E-state index is 4.80. The van der Waals surface area contributed by atoms with Crippen molar-refractivity contribution in [1.82, 2.24) is 40.2 Å². The summed E-state index contributed by atoms with van der Waals surface area (Å²) in [5.74, 6) is 3.51. The average molecular weight is 521 g/mol. The fourth-order valence-electron chi connectivity index (χ4n) is 3.45. The number of nitrogens with one attached hydrogen (secondary N) is 2. The van der Waals surface area contributed by atoms with Gasteiger partial charge in [0.05, 0.1) is 12.6 Å². The summed E-state index contributed by atoms with van der Waals surface area (Å²) in [4.78, 5) is 9.10. The van der Waals surface area contributed by atoms with Crippen molar-refractivity contribution < 1.29 is 0 Å². The van der Waals surface area contributed by atoms with Crippen molar-refractivity contribution in [2.24, 2.45) is 12.0 Å². The number of benzene rings is 1. The van der Waals surface area contributed by atoms with Crippen molar-refractivity contribution in [3.05, 3.63) is 59.7 Å². The van der Waals surface area contributed by atoms with Crippen LogP contribution in [0.2, 0.25) is 0 Å². The number of fused-ring (bicyclic) bond motifs is 1. The summed E-state index contributed by atoms with van der Waals surface area (Å²) in [5.41, 5.74) is 1.21. The van der Waals surface area contributed by atoms with Crippen molar-refractivity contribution in [3.8, 4) is 0 Å². The predicted molar refractivity (Wildman–Crippen MR) is 126 cm³/mol. The quantitative estimate of drug-likeness (QED) is 0.304. The van der Waals surface area contributed by atoms with Crippen molar-refractivity contribution in [1.29, 1.82) is 0 Å². The van der Waals surface area contributed by atoms with Crippen LogP contribution in [0.4, 0.5) is 0 Å². The summed E-state index contributed by atoms with van der Waals surface area (Å²) in [6.45, 7) is 5.30. The average Bonchev–Trinajstić information content (AvgIpc) is 3.33. The molecule has 9 nitrogen and oxygen atoms in total. The van der Waals surface area contributed by atoms with E-state index in [0.717, 1.165) is 42.8 Å². The molecule has 0 saturated carbocycles. The monoisotopic (exact) mass is 521 g/mol. The van der Waals surface area contributed by atoms with Gasteiger partial charge in [-0.2, -0.15) is 5.10 Å². The standard InChI is InChI=1S/C20H27N9.HI/c1-14(16-7-5-4-6-8-16)24-20(21-11-19-27-26-15(2)28(19)3)25-17-9-10-18-22-13-23-29(18)12-17;/h4-8,13-14,17H,9-12H2,1-3H3,(H2,21,24,25);1H. The molecule has 30 heavy (non-hydrogen) atoms. The minimum absolute atomic E-state index is 0. The Balaban J connectivity index is 0.00000256. The van der Waals surface area contributed by atoms with Crippen molar-refractivity contribution >= 4 is 29.9 Å². The van der Waals surface area contributed by atoms with Crippen LogP contribution < -0.4 is 10.6 Å². The largest absolute Gasteiger partial charge is 0.352 e. The highest BCUT2D eigenvalue weighted by Gasteiger charge is 2.21. The van der Waals surface area contributed by atoms with E-state index >= 15 is 0 Å². The van der Waals surface area contributed by atoms with Crippen LogP contribution in [-0.4, -0.2) is 41.5 Å². The number of rotatable bonds is 5. The Hall–Kier alpha value is -2.50. The van der Waals surface area contributed by atoms with Gasteiger partial charge in [-0.3, -0.25) is 0 Å². The van der Waals surface area contributed by atoms with Gasteiger partial charge in [-0.25, -0.2) is 14.7 Å². The Kier molecular flexibility index (Phi) is 7.40. The van der Waals surface area contributed by atoms with Gasteiger partial charge in [0.15, 0.2) is 11.8 Å². The summed E-state index contributed by atoms with van der Waals surface area (Å²) in [5, 5.41) is 19.8. The summed E-state index contributed by atoms with van der Waals surface area (Å²) in [6, 6.07) is 10.7. The van der Waals surface area contributed by atoms with Gasteiger partial charge < -0.3 is 15.2 Å². The van der Waals surface area contributed by atoms with Crippen LogP contribution in [0, 0.1) is 6.92 Å². The molecule has 1 aliphatic heterocycles. The number of aliphatic imine (C=N–C) groups is 1. The number of hydrogen-bond donors (Lipinski definition) is 2. The topological polar surface area (TPSA) is 97.8 Å². The third kappa shape index (κ3) is 5.15. The van der Waals surface area contributed by atoms with E-state index < -0.39 is 0 Å². The van der Waals surface area contributed by atoms with E-state index in [0.29, 0.717) is 6.54 Å². The van der Waals surface area contributed by atoms with Crippen LogP contribution in [0.15, 0.2) is 41.7 Å². The molecule has 0 saturated heterocycles. The van der Waals surface area contributed by atoms with Crippen LogP contribution >= 0.6 is 24.0 Å². The van der Waals surface area contributed by atoms with Gasteiger partial charge in [-0.1, -0.05) is 30.3 Å². The first-order valence-corrected chi connectivity index (χ1v) is 9.94. The second kappa shape index (κ2) is 10.0. The van der Waals surface area contributed by atoms with Gasteiger partial charge in [0.2, 0.25) is 0 Å². The molecule has 0 aliphatic carbocycles. The number of hydrogen-bond acceptors (Lipinski definition) is 5. The highest BCUT2D eigenvalue weighted by Crippen LogP contribution is 2.14. The van der Waals surface area contributed by atoms with E-state index in [1.807, 2.05) is 41.4 Å². The highest BCUT2D eigenvalue weighted by atomic mass is 127. The molecule has 2 N–H and O–H groups in total. The van der Waals surface area contributed by atoms with Crippen LogP contribution in [-0.2, 0) is 26.6 Å². The van der Waals surface area contributed by atoms with Crippen LogP contribution in [0.25, 0.3) is 0 Å². The van der Waals surface area contributed by atoms with Crippen LogP contribution in [0.5, 0.6) is 0 Å². The van der Waals surface area contributed by atoms with E-state index in [-0.39, 0.29) is 36.1 Å². The Morgan fingerprint density at radius 1 is 1.27 bits per heavy atom. The molecule has 0 bridgehead atoms. The maximum Gasteiger partial charge on any atom is 0.192 e. The fourth-order valence-corrected chi connectivity index (χ4v) is 3.45. The number of aryl methyl sites for hydroxylation is 2. The van der Waals surface area contributed by atoms with Gasteiger partial charge in [-0.05, 0) is 25.8 Å². The van der Waals surface area contributed by atoms with E-state index in [1.54, 1.807) is 6.33 Å². The van der Waals surface area contributed by atoms with E-state index in [4.69, 9.17) is 4.99 Å². The minimum Gasteiger partial charge on any atom is -0.352 e. The molecule has 3 heterocycles. The molecule has 1 aromatic carbocycles. The Labute approximate surface area is 193 Å². The summed E-state index contributed by atoms with van der Waals surface area (Å²) in [6.07, 6.45) is 3.52. The van der Waals surface area contributed by atoms with E-state index in [2.05, 4.69) is 50.0 Å². The number of halogens is 1. The predicted octanol–water partition coefficient (Wildman–Crippen LogP) is 2.14. The molecule has 0 amide bonds. The lowest BCUT2D eigenvalue weighted by atomic mass is 10.1. The molecule has 160 valence electrons. The molecule has 4 rings (SSSR count). The first-order valence-electron chi connectivity index (χ1n) is 9.94. The van der Waals surface area contributed by atoms with E-state index in [9.17, 15) is 0 Å². The summed E-state index contributed by atoms with van der Waals surface area (Å²) < 4.78 is 3.93. The molecule has 2 atom stereocenters. The Morgan fingerprint density at radius 3 is 2.80 bits per heavy atom. The molecular formula is C20H28IN9. The number of guanidine groups is 1. The molecule has 0 radical (unpaired) electrons. The fraction of sp³-hybridized carbons (Fsp3) is 0.450. The SMILES string of the molecule is Cc1nnc(CN=C(NC2CCc3ncnn3C2)NC(C)c2ccccc2)n1C.I. The van der Waals surface area contributed by atoms with Gasteiger partial charge in [0, 0.05) is 19.5 Å². The second-order valence-electron chi connectivity index (χ2n) is 7.40. The molecule has 0 fully saturated rings.